The Kier molecular flexibility index (Phi) is 5.14. The SMILES string of the molecule is O=C(CCNc1nc[nH]c(=O)c1I)N1CCOCC1. The van der Waals surface area contributed by atoms with Crippen LogP contribution in [0.1, 0.15) is 6.42 Å². The number of carbonyl (C=O) groups excluding carboxylic acids is 1. The topological polar surface area (TPSA) is 87.3 Å². The highest BCUT2D eigenvalue weighted by molar-refractivity contribution is 14.1. The van der Waals surface area contributed by atoms with Gasteiger partial charge in [0.15, 0.2) is 0 Å². The van der Waals surface area contributed by atoms with Gasteiger partial charge in [0.25, 0.3) is 5.56 Å². The lowest BCUT2D eigenvalue weighted by atomic mass is 10.3. The summed E-state index contributed by atoms with van der Waals surface area (Å²) >= 11 is 1.92. The van der Waals surface area contributed by atoms with Crippen molar-refractivity contribution in [1.82, 2.24) is 14.9 Å². The number of hydrogen-bond acceptors (Lipinski definition) is 5. The van der Waals surface area contributed by atoms with Crippen molar-refractivity contribution in [2.45, 2.75) is 6.42 Å². The second kappa shape index (κ2) is 6.85. The van der Waals surface area contributed by atoms with Crippen LogP contribution in [0.4, 0.5) is 5.82 Å². The van der Waals surface area contributed by atoms with Gasteiger partial charge in [0.05, 0.1) is 19.5 Å². The maximum atomic E-state index is 11.9. The number of anilines is 1. The molecule has 1 aliphatic heterocycles. The van der Waals surface area contributed by atoms with Crippen LogP contribution < -0.4 is 10.9 Å². The lowest BCUT2D eigenvalue weighted by Gasteiger charge is -2.26. The number of halogens is 1. The molecule has 7 nitrogen and oxygen atoms in total. The molecule has 0 unspecified atom stereocenters. The van der Waals surface area contributed by atoms with Crippen LogP contribution in [0.2, 0.25) is 0 Å². The number of hydrogen-bond donors (Lipinski definition) is 2. The van der Waals surface area contributed by atoms with Crippen molar-refractivity contribution >= 4 is 34.3 Å². The van der Waals surface area contributed by atoms with Crippen molar-refractivity contribution in [3.63, 3.8) is 0 Å². The zero-order chi connectivity index (χ0) is 13.7. The number of aromatic amines is 1. The van der Waals surface area contributed by atoms with Crippen LogP contribution in [0, 0.1) is 3.57 Å². The van der Waals surface area contributed by atoms with E-state index in [1.807, 2.05) is 22.6 Å². The molecule has 0 bridgehead atoms. The Labute approximate surface area is 123 Å². The van der Waals surface area contributed by atoms with Crippen molar-refractivity contribution in [3.05, 3.63) is 20.3 Å². The van der Waals surface area contributed by atoms with Gasteiger partial charge >= 0.3 is 0 Å². The third kappa shape index (κ3) is 3.90. The number of H-pyrrole nitrogens is 1. The van der Waals surface area contributed by atoms with Crippen molar-refractivity contribution < 1.29 is 9.53 Å². The second-order valence-electron chi connectivity index (χ2n) is 4.06. The van der Waals surface area contributed by atoms with Gasteiger partial charge in [-0.05, 0) is 22.6 Å². The molecule has 104 valence electrons. The molecule has 0 radical (unpaired) electrons. The lowest BCUT2D eigenvalue weighted by molar-refractivity contribution is -0.134. The Morgan fingerprint density at radius 2 is 2.26 bits per heavy atom. The third-order valence-corrected chi connectivity index (χ3v) is 3.79. The molecule has 0 saturated carbocycles. The summed E-state index contributed by atoms with van der Waals surface area (Å²) in [6, 6.07) is 0. The summed E-state index contributed by atoms with van der Waals surface area (Å²) in [4.78, 5) is 31.5. The van der Waals surface area contributed by atoms with E-state index in [1.165, 1.54) is 6.33 Å². The Hall–Kier alpha value is -1.16. The molecular weight excluding hydrogens is 363 g/mol. The standard InChI is InChI=1S/C11H15IN4O3/c12-9-10(14-7-15-11(9)18)13-2-1-8(17)16-3-5-19-6-4-16/h7H,1-6H2,(H2,13,14,15,18). The number of nitrogens with one attached hydrogen (secondary N) is 2. The fourth-order valence-corrected chi connectivity index (χ4v) is 2.25. The highest BCUT2D eigenvalue weighted by atomic mass is 127. The fourth-order valence-electron chi connectivity index (χ4n) is 1.76. The van der Waals surface area contributed by atoms with Crippen molar-refractivity contribution in [1.29, 1.82) is 0 Å². The van der Waals surface area contributed by atoms with Gasteiger partial charge in [-0.25, -0.2) is 4.98 Å². The third-order valence-electron chi connectivity index (χ3n) is 2.79. The van der Waals surface area contributed by atoms with Crippen LogP contribution in [0.5, 0.6) is 0 Å². The Balaban J connectivity index is 1.81. The molecule has 1 amide bonds. The number of carbonyl (C=O) groups is 1. The molecule has 2 N–H and O–H groups in total. The van der Waals surface area contributed by atoms with Crippen molar-refractivity contribution in [2.75, 3.05) is 38.2 Å². The fraction of sp³-hybridized carbons (Fsp3) is 0.545. The molecule has 1 aliphatic rings. The minimum absolute atomic E-state index is 0.0932. The highest BCUT2D eigenvalue weighted by Crippen LogP contribution is 2.08. The minimum atomic E-state index is -0.183. The zero-order valence-electron chi connectivity index (χ0n) is 10.3. The summed E-state index contributed by atoms with van der Waals surface area (Å²) < 4.78 is 5.69. The van der Waals surface area contributed by atoms with Crippen LogP contribution in [-0.2, 0) is 9.53 Å². The first-order chi connectivity index (χ1) is 9.18. The van der Waals surface area contributed by atoms with Crippen LogP contribution in [0.15, 0.2) is 11.1 Å². The summed E-state index contributed by atoms with van der Waals surface area (Å²) in [5.74, 6) is 0.606. The van der Waals surface area contributed by atoms with E-state index in [9.17, 15) is 9.59 Å². The second-order valence-corrected chi connectivity index (χ2v) is 5.14. The molecule has 1 aromatic heterocycles. The number of morpholine rings is 1. The first kappa shape index (κ1) is 14.3. The average molecular weight is 378 g/mol. The predicted molar refractivity (Wildman–Crippen MR) is 78.1 cm³/mol. The average Bonchev–Trinajstić information content (AvgIpc) is 2.44. The Bertz CT molecular complexity index is 499. The number of aromatic nitrogens is 2. The minimum Gasteiger partial charge on any atom is -0.378 e. The van der Waals surface area contributed by atoms with Gasteiger partial charge < -0.3 is 19.9 Å². The molecule has 0 aliphatic carbocycles. The lowest BCUT2D eigenvalue weighted by Crippen LogP contribution is -2.41. The summed E-state index contributed by atoms with van der Waals surface area (Å²) in [5, 5.41) is 3.01. The molecule has 19 heavy (non-hydrogen) atoms. The molecule has 1 fully saturated rings. The summed E-state index contributed by atoms with van der Waals surface area (Å²) in [5.41, 5.74) is -0.183. The van der Waals surface area contributed by atoms with E-state index in [1.54, 1.807) is 4.90 Å². The molecule has 0 aromatic carbocycles. The molecule has 0 spiro atoms. The molecule has 2 rings (SSSR count). The van der Waals surface area contributed by atoms with Gasteiger partial charge in [0, 0.05) is 26.1 Å². The van der Waals surface area contributed by atoms with E-state index in [0.29, 0.717) is 48.7 Å². The first-order valence-corrected chi connectivity index (χ1v) is 7.09. The number of amides is 1. The van der Waals surface area contributed by atoms with Gasteiger partial charge in [-0.2, -0.15) is 0 Å². The van der Waals surface area contributed by atoms with Gasteiger partial charge in [-0.3, -0.25) is 9.59 Å². The van der Waals surface area contributed by atoms with Crippen LogP contribution in [0.3, 0.4) is 0 Å². The van der Waals surface area contributed by atoms with E-state index in [4.69, 9.17) is 4.74 Å². The molecule has 2 heterocycles. The molecule has 1 saturated heterocycles. The van der Waals surface area contributed by atoms with Crippen LogP contribution in [0.25, 0.3) is 0 Å². The van der Waals surface area contributed by atoms with E-state index < -0.39 is 0 Å². The highest BCUT2D eigenvalue weighted by Gasteiger charge is 2.16. The molecule has 8 heteroatoms. The smallest absolute Gasteiger partial charge is 0.266 e. The predicted octanol–water partition coefficient (Wildman–Crippen LogP) is 0.0353. The maximum Gasteiger partial charge on any atom is 0.266 e. The number of ether oxygens (including phenoxy) is 1. The largest absolute Gasteiger partial charge is 0.378 e. The van der Waals surface area contributed by atoms with E-state index in [2.05, 4.69) is 15.3 Å². The monoisotopic (exact) mass is 378 g/mol. The summed E-state index contributed by atoms with van der Waals surface area (Å²) in [7, 11) is 0. The van der Waals surface area contributed by atoms with Gasteiger partial charge in [0.2, 0.25) is 5.91 Å². The maximum absolute atomic E-state index is 11.9. The van der Waals surface area contributed by atoms with E-state index in [-0.39, 0.29) is 11.5 Å². The van der Waals surface area contributed by atoms with E-state index >= 15 is 0 Å². The first-order valence-electron chi connectivity index (χ1n) is 6.01. The molecule has 0 atom stereocenters. The van der Waals surface area contributed by atoms with Crippen LogP contribution >= 0.6 is 22.6 Å². The van der Waals surface area contributed by atoms with Crippen molar-refractivity contribution in [2.24, 2.45) is 0 Å². The number of nitrogens with zero attached hydrogens (tertiary/aromatic N) is 2. The van der Waals surface area contributed by atoms with Crippen molar-refractivity contribution in [3.8, 4) is 0 Å². The summed E-state index contributed by atoms with van der Waals surface area (Å²) in [6.07, 6.45) is 1.72. The Morgan fingerprint density at radius 3 is 3.00 bits per heavy atom. The van der Waals surface area contributed by atoms with Gasteiger partial charge in [-0.1, -0.05) is 0 Å². The normalized spacial score (nSPS) is 15.3. The Morgan fingerprint density at radius 1 is 1.53 bits per heavy atom. The van der Waals surface area contributed by atoms with Crippen LogP contribution in [-0.4, -0.2) is 53.6 Å². The van der Waals surface area contributed by atoms with Gasteiger partial charge in [0.1, 0.15) is 9.39 Å². The quantitative estimate of drug-likeness (QED) is 0.723. The zero-order valence-corrected chi connectivity index (χ0v) is 12.5. The summed E-state index contributed by atoms with van der Waals surface area (Å²) in [6.45, 7) is 2.97. The van der Waals surface area contributed by atoms with E-state index in [0.717, 1.165) is 0 Å². The molecule has 1 aromatic rings. The van der Waals surface area contributed by atoms with Gasteiger partial charge in [-0.15, -0.1) is 0 Å². The molecular formula is C11H15IN4O3. The number of rotatable bonds is 4.